The molecule has 3 aromatic rings. The third kappa shape index (κ3) is 4.12. The molecule has 1 atom stereocenters. The lowest BCUT2D eigenvalue weighted by Crippen LogP contribution is -2.27. The zero-order chi connectivity index (χ0) is 19.2. The van der Waals surface area contributed by atoms with Crippen LogP contribution in [0.5, 0.6) is 5.88 Å². The summed E-state index contributed by atoms with van der Waals surface area (Å²) in [6.45, 7) is 3.52. The van der Waals surface area contributed by atoms with Crippen molar-refractivity contribution in [3.05, 3.63) is 83.1 Å². The van der Waals surface area contributed by atoms with Crippen molar-refractivity contribution in [2.24, 2.45) is 0 Å². The molecule has 4 nitrogen and oxygen atoms in total. The van der Waals surface area contributed by atoms with Crippen molar-refractivity contribution in [3.8, 4) is 5.88 Å². The van der Waals surface area contributed by atoms with Gasteiger partial charge in [0.05, 0.1) is 12.2 Å². The molecule has 2 aromatic carbocycles. The van der Waals surface area contributed by atoms with Gasteiger partial charge in [-0.25, -0.2) is 0 Å². The average Bonchev–Trinajstić information content (AvgIpc) is 3.17. The zero-order valence-electron chi connectivity index (χ0n) is 16.4. The largest absolute Gasteiger partial charge is 0.476 e. The molecule has 0 bridgehead atoms. The Balaban J connectivity index is 1.47. The smallest absolute Gasteiger partial charge is 0.259 e. The number of nitrogens with zero attached hydrogens (tertiary/aromatic N) is 1. The molecule has 0 spiro atoms. The summed E-state index contributed by atoms with van der Waals surface area (Å²) >= 11 is 0. The Morgan fingerprint density at radius 2 is 1.75 bits per heavy atom. The first-order valence-corrected chi connectivity index (χ1v) is 10.3. The number of nitrogens with one attached hydrogen (secondary N) is 1. The van der Waals surface area contributed by atoms with Crippen molar-refractivity contribution >= 4 is 0 Å². The molecule has 4 heteroatoms. The van der Waals surface area contributed by atoms with E-state index >= 15 is 0 Å². The van der Waals surface area contributed by atoms with Crippen LogP contribution >= 0.6 is 0 Å². The first kappa shape index (κ1) is 18.8. The van der Waals surface area contributed by atoms with Crippen LogP contribution in [0.15, 0.2) is 65.2 Å². The summed E-state index contributed by atoms with van der Waals surface area (Å²) in [6, 6.07) is 21.8. The SMILES string of the molecule is CCOc1noc2c1C(NCCC(c1ccccc1)c1ccccc1)CCC2. The fourth-order valence-corrected chi connectivity index (χ4v) is 4.19. The summed E-state index contributed by atoms with van der Waals surface area (Å²) in [6.07, 6.45) is 4.20. The molecule has 4 rings (SSSR count). The van der Waals surface area contributed by atoms with Crippen LogP contribution in [0, 0.1) is 0 Å². The van der Waals surface area contributed by atoms with E-state index in [4.69, 9.17) is 9.26 Å². The maximum atomic E-state index is 5.70. The van der Waals surface area contributed by atoms with Crippen LogP contribution in [0.3, 0.4) is 0 Å². The van der Waals surface area contributed by atoms with E-state index in [2.05, 4.69) is 71.1 Å². The molecule has 0 aliphatic heterocycles. The highest BCUT2D eigenvalue weighted by Crippen LogP contribution is 2.36. The van der Waals surface area contributed by atoms with Crippen LogP contribution in [0.4, 0.5) is 0 Å². The average molecular weight is 377 g/mol. The molecule has 1 N–H and O–H groups in total. The third-order valence-electron chi connectivity index (χ3n) is 5.52. The van der Waals surface area contributed by atoms with Gasteiger partial charge in [-0.2, -0.15) is 0 Å². The molecule has 1 unspecified atom stereocenters. The van der Waals surface area contributed by atoms with Gasteiger partial charge in [0.2, 0.25) is 0 Å². The highest BCUT2D eigenvalue weighted by Gasteiger charge is 2.29. The second kappa shape index (κ2) is 9.07. The molecule has 28 heavy (non-hydrogen) atoms. The molecular formula is C24H28N2O2. The number of rotatable bonds is 8. The summed E-state index contributed by atoms with van der Waals surface area (Å²) < 4.78 is 11.2. The van der Waals surface area contributed by atoms with E-state index in [1.807, 2.05) is 6.92 Å². The Morgan fingerprint density at radius 3 is 2.39 bits per heavy atom. The molecule has 1 heterocycles. The fraction of sp³-hybridized carbons (Fsp3) is 0.375. The van der Waals surface area contributed by atoms with Gasteiger partial charge in [0.15, 0.2) is 0 Å². The zero-order valence-corrected chi connectivity index (χ0v) is 16.4. The molecule has 1 aliphatic rings. The standard InChI is InChI=1S/C24H28N2O2/c1-2-27-24-23-21(14-9-15-22(23)28-26-24)25-17-16-20(18-10-5-3-6-11-18)19-12-7-4-8-13-19/h3-8,10-13,20-21,25H,2,9,14-17H2,1H3. The highest BCUT2D eigenvalue weighted by molar-refractivity contribution is 5.34. The minimum atomic E-state index is 0.253. The molecule has 0 radical (unpaired) electrons. The van der Waals surface area contributed by atoms with Gasteiger partial charge in [-0.3, -0.25) is 0 Å². The van der Waals surface area contributed by atoms with Crippen LogP contribution in [-0.2, 0) is 6.42 Å². The normalized spacial score (nSPS) is 16.1. The second-order valence-corrected chi connectivity index (χ2v) is 7.32. The van der Waals surface area contributed by atoms with E-state index in [1.54, 1.807) is 0 Å². The van der Waals surface area contributed by atoms with Gasteiger partial charge in [0.1, 0.15) is 5.76 Å². The van der Waals surface area contributed by atoms with Crippen molar-refractivity contribution in [2.45, 2.75) is 44.6 Å². The molecule has 0 saturated carbocycles. The molecule has 0 amide bonds. The molecular weight excluding hydrogens is 348 g/mol. The Bertz CT molecular complexity index is 821. The first-order chi connectivity index (χ1) is 13.9. The molecule has 1 aromatic heterocycles. The van der Waals surface area contributed by atoms with Crippen LogP contribution in [-0.4, -0.2) is 18.3 Å². The minimum absolute atomic E-state index is 0.253. The fourth-order valence-electron chi connectivity index (χ4n) is 4.19. The summed E-state index contributed by atoms with van der Waals surface area (Å²) in [7, 11) is 0. The molecule has 146 valence electrons. The quantitative estimate of drug-likeness (QED) is 0.582. The molecule has 0 saturated heterocycles. The highest BCUT2D eigenvalue weighted by atomic mass is 16.5. The van der Waals surface area contributed by atoms with Crippen molar-refractivity contribution in [3.63, 3.8) is 0 Å². The van der Waals surface area contributed by atoms with Gasteiger partial charge in [-0.1, -0.05) is 60.7 Å². The van der Waals surface area contributed by atoms with Crippen LogP contribution < -0.4 is 10.1 Å². The number of hydrogen-bond acceptors (Lipinski definition) is 4. The van der Waals surface area contributed by atoms with Crippen LogP contribution in [0.2, 0.25) is 0 Å². The number of aryl methyl sites for hydroxylation is 1. The maximum Gasteiger partial charge on any atom is 0.259 e. The van der Waals surface area contributed by atoms with Gasteiger partial charge in [0.25, 0.3) is 5.88 Å². The predicted molar refractivity (Wildman–Crippen MR) is 111 cm³/mol. The Hall–Kier alpha value is -2.59. The van der Waals surface area contributed by atoms with Gasteiger partial charge >= 0.3 is 0 Å². The van der Waals surface area contributed by atoms with E-state index in [-0.39, 0.29) is 6.04 Å². The van der Waals surface area contributed by atoms with E-state index in [9.17, 15) is 0 Å². The van der Waals surface area contributed by atoms with Crippen molar-refractivity contribution in [2.75, 3.05) is 13.2 Å². The topological polar surface area (TPSA) is 47.3 Å². The Kier molecular flexibility index (Phi) is 6.07. The number of benzene rings is 2. The number of ether oxygens (including phenoxy) is 1. The van der Waals surface area contributed by atoms with Crippen LogP contribution in [0.25, 0.3) is 0 Å². The summed E-state index contributed by atoms with van der Waals surface area (Å²) in [4.78, 5) is 0. The van der Waals surface area contributed by atoms with Gasteiger partial charge in [-0.05, 0) is 49.0 Å². The summed E-state index contributed by atoms with van der Waals surface area (Å²) in [5.41, 5.74) is 3.85. The lowest BCUT2D eigenvalue weighted by atomic mass is 9.88. The summed E-state index contributed by atoms with van der Waals surface area (Å²) in [5.74, 6) is 2.03. The third-order valence-corrected chi connectivity index (χ3v) is 5.52. The lowest BCUT2D eigenvalue weighted by Gasteiger charge is -2.25. The van der Waals surface area contributed by atoms with Gasteiger partial charge < -0.3 is 14.6 Å². The minimum Gasteiger partial charge on any atom is -0.476 e. The molecule has 1 aliphatic carbocycles. The maximum absolute atomic E-state index is 5.70. The monoisotopic (exact) mass is 376 g/mol. The molecule has 0 fully saturated rings. The second-order valence-electron chi connectivity index (χ2n) is 7.32. The Morgan fingerprint density at radius 1 is 1.07 bits per heavy atom. The van der Waals surface area contributed by atoms with E-state index in [0.717, 1.165) is 43.6 Å². The summed E-state index contributed by atoms with van der Waals surface area (Å²) in [5, 5.41) is 7.89. The number of hydrogen-bond donors (Lipinski definition) is 1. The predicted octanol–water partition coefficient (Wildman–Crippen LogP) is 5.26. The van der Waals surface area contributed by atoms with Gasteiger partial charge in [0, 0.05) is 18.4 Å². The van der Waals surface area contributed by atoms with E-state index in [0.29, 0.717) is 18.4 Å². The van der Waals surface area contributed by atoms with E-state index < -0.39 is 0 Å². The van der Waals surface area contributed by atoms with Crippen molar-refractivity contribution < 1.29 is 9.26 Å². The van der Waals surface area contributed by atoms with E-state index in [1.165, 1.54) is 11.1 Å². The first-order valence-electron chi connectivity index (χ1n) is 10.3. The van der Waals surface area contributed by atoms with Crippen molar-refractivity contribution in [1.82, 2.24) is 10.5 Å². The van der Waals surface area contributed by atoms with Crippen LogP contribution in [0.1, 0.15) is 60.6 Å². The van der Waals surface area contributed by atoms with Crippen molar-refractivity contribution in [1.29, 1.82) is 0 Å². The number of aromatic nitrogens is 1. The lowest BCUT2D eigenvalue weighted by molar-refractivity contribution is 0.289. The Labute approximate surface area is 166 Å². The number of fused-ring (bicyclic) bond motifs is 1. The van der Waals surface area contributed by atoms with Gasteiger partial charge in [-0.15, -0.1) is 0 Å².